The summed E-state index contributed by atoms with van der Waals surface area (Å²) in [6.07, 6.45) is 2.12. The van der Waals surface area contributed by atoms with Gasteiger partial charge in [-0.1, -0.05) is 32.0 Å². The number of ether oxygens (including phenoxy) is 1. The monoisotopic (exact) mass is 343 g/mol. The molecule has 0 N–H and O–H groups in total. The normalized spacial score (nSPS) is 17.5. The minimum Gasteiger partial charge on any atom is -0.483 e. The Bertz CT molecular complexity index is 694. The van der Waals surface area contributed by atoms with E-state index in [0.29, 0.717) is 5.92 Å². The number of carbonyl (C=O) groups excluding carboxylic acids is 1. The Morgan fingerprint density at radius 3 is 2.92 bits per heavy atom. The quantitative estimate of drug-likeness (QED) is 0.771. The summed E-state index contributed by atoms with van der Waals surface area (Å²) in [6, 6.07) is 10.6. The minimum absolute atomic E-state index is 0.0853. The van der Waals surface area contributed by atoms with E-state index in [1.807, 2.05) is 17.9 Å². The second kappa shape index (κ2) is 7.39. The largest absolute Gasteiger partial charge is 0.483 e. The fourth-order valence-electron chi connectivity index (χ4n) is 3.31. The average molecular weight is 343 g/mol. The first-order valence-electron chi connectivity index (χ1n) is 8.62. The number of hydrogen-bond donors (Lipinski definition) is 0. The number of rotatable bonds is 5. The second-order valence-electron chi connectivity index (χ2n) is 6.75. The average Bonchev–Trinajstić information content (AvgIpc) is 3.22. The number of benzene rings is 1. The Morgan fingerprint density at radius 2 is 2.21 bits per heavy atom. The molecule has 0 aliphatic carbocycles. The topological polar surface area (TPSA) is 29.5 Å². The molecular weight excluding hydrogens is 318 g/mol. The third kappa shape index (κ3) is 3.64. The molecule has 4 heteroatoms. The molecule has 1 aliphatic heterocycles. The molecule has 1 fully saturated rings. The van der Waals surface area contributed by atoms with Crippen LogP contribution in [0.3, 0.4) is 0 Å². The van der Waals surface area contributed by atoms with E-state index in [9.17, 15) is 4.79 Å². The molecule has 1 unspecified atom stereocenters. The van der Waals surface area contributed by atoms with Crippen LogP contribution in [0.4, 0.5) is 0 Å². The van der Waals surface area contributed by atoms with Crippen molar-refractivity contribution in [2.24, 2.45) is 0 Å². The van der Waals surface area contributed by atoms with Crippen molar-refractivity contribution in [1.29, 1.82) is 0 Å². The van der Waals surface area contributed by atoms with Gasteiger partial charge < -0.3 is 9.64 Å². The lowest BCUT2D eigenvalue weighted by molar-refractivity contribution is -0.134. The Labute approximate surface area is 148 Å². The van der Waals surface area contributed by atoms with Gasteiger partial charge in [0.2, 0.25) is 0 Å². The van der Waals surface area contributed by atoms with E-state index in [1.165, 1.54) is 4.88 Å². The number of aryl methyl sites for hydroxylation is 1. The maximum absolute atomic E-state index is 12.7. The molecule has 1 aromatic carbocycles. The number of likely N-dealkylation sites (tertiary alicyclic amines) is 1. The van der Waals surface area contributed by atoms with Crippen molar-refractivity contribution in [1.82, 2.24) is 4.90 Å². The van der Waals surface area contributed by atoms with E-state index in [-0.39, 0.29) is 18.6 Å². The van der Waals surface area contributed by atoms with Crippen molar-refractivity contribution in [2.75, 3.05) is 13.2 Å². The van der Waals surface area contributed by atoms with Crippen LogP contribution in [0.25, 0.3) is 0 Å². The Balaban J connectivity index is 1.68. The molecule has 1 atom stereocenters. The molecule has 0 spiro atoms. The molecule has 3 nitrogen and oxygen atoms in total. The summed E-state index contributed by atoms with van der Waals surface area (Å²) in [5.41, 5.74) is 2.31. The molecule has 0 saturated carbocycles. The molecule has 1 amide bonds. The fraction of sp³-hybridized carbons (Fsp3) is 0.450. The van der Waals surface area contributed by atoms with Crippen LogP contribution in [-0.4, -0.2) is 24.0 Å². The van der Waals surface area contributed by atoms with E-state index in [2.05, 4.69) is 43.5 Å². The van der Waals surface area contributed by atoms with Gasteiger partial charge in [0.1, 0.15) is 5.75 Å². The van der Waals surface area contributed by atoms with Crippen molar-refractivity contribution < 1.29 is 9.53 Å². The van der Waals surface area contributed by atoms with Crippen LogP contribution in [0, 0.1) is 6.92 Å². The standard InChI is InChI=1S/C20H25NO2S/c1-14(2)16-9-8-15(3)12-18(16)23-13-20(22)21-10-4-6-17(21)19-7-5-11-24-19/h5,7-9,11-12,14,17H,4,6,10,13H2,1-3H3. The summed E-state index contributed by atoms with van der Waals surface area (Å²) < 4.78 is 5.93. The number of amides is 1. The van der Waals surface area contributed by atoms with Crippen molar-refractivity contribution >= 4 is 17.2 Å². The SMILES string of the molecule is Cc1ccc(C(C)C)c(OCC(=O)N2CCCC2c2cccs2)c1. The maximum atomic E-state index is 12.7. The van der Waals surface area contributed by atoms with Crippen molar-refractivity contribution in [3.8, 4) is 5.75 Å². The van der Waals surface area contributed by atoms with Gasteiger partial charge in [-0.25, -0.2) is 0 Å². The highest BCUT2D eigenvalue weighted by Crippen LogP contribution is 2.34. The fourth-order valence-corrected chi connectivity index (χ4v) is 4.18. The lowest BCUT2D eigenvalue weighted by Gasteiger charge is -2.24. The van der Waals surface area contributed by atoms with Crippen LogP contribution in [0.15, 0.2) is 35.7 Å². The molecular formula is C20H25NO2S. The highest BCUT2D eigenvalue weighted by Gasteiger charge is 2.30. The van der Waals surface area contributed by atoms with Gasteiger partial charge in [0.15, 0.2) is 6.61 Å². The minimum atomic E-state index is 0.0853. The number of carbonyl (C=O) groups is 1. The summed E-state index contributed by atoms with van der Waals surface area (Å²) in [5.74, 6) is 1.30. The molecule has 1 saturated heterocycles. The van der Waals surface area contributed by atoms with Crippen molar-refractivity contribution in [3.05, 3.63) is 51.7 Å². The zero-order valence-electron chi connectivity index (χ0n) is 14.6. The number of nitrogens with zero attached hydrogens (tertiary/aromatic N) is 1. The van der Waals surface area contributed by atoms with Gasteiger partial charge in [0.05, 0.1) is 6.04 Å². The smallest absolute Gasteiger partial charge is 0.261 e. The van der Waals surface area contributed by atoms with E-state index in [0.717, 1.165) is 36.3 Å². The van der Waals surface area contributed by atoms with Gasteiger partial charge in [-0.15, -0.1) is 11.3 Å². The summed E-state index contributed by atoms with van der Waals surface area (Å²) in [4.78, 5) is 16.0. The first-order chi connectivity index (χ1) is 11.6. The zero-order chi connectivity index (χ0) is 17.1. The maximum Gasteiger partial charge on any atom is 0.261 e. The highest BCUT2D eigenvalue weighted by atomic mass is 32.1. The van der Waals surface area contributed by atoms with E-state index in [1.54, 1.807) is 11.3 Å². The summed E-state index contributed by atoms with van der Waals surface area (Å²) in [5, 5.41) is 2.08. The van der Waals surface area contributed by atoms with Gasteiger partial charge in [-0.3, -0.25) is 4.79 Å². The van der Waals surface area contributed by atoms with E-state index < -0.39 is 0 Å². The van der Waals surface area contributed by atoms with E-state index >= 15 is 0 Å². The van der Waals surface area contributed by atoms with Crippen LogP contribution in [0.5, 0.6) is 5.75 Å². The highest BCUT2D eigenvalue weighted by molar-refractivity contribution is 7.10. The van der Waals surface area contributed by atoms with Gasteiger partial charge in [-0.05, 0) is 54.3 Å². The molecule has 2 aromatic rings. The lowest BCUT2D eigenvalue weighted by atomic mass is 10.0. The summed E-state index contributed by atoms with van der Waals surface area (Å²) in [6.45, 7) is 7.28. The molecule has 24 heavy (non-hydrogen) atoms. The molecule has 0 radical (unpaired) electrons. The first-order valence-corrected chi connectivity index (χ1v) is 9.50. The van der Waals surface area contributed by atoms with Crippen LogP contribution in [0.2, 0.25) is 0 Å². The molecule has 1 aromatic heterocycles. The van der Waals surface area contributed by atoms with Crippen LogP contribution in [0.1, 0.15) is 54.7 Å². The van der Waals surface area contributed by atoms with Gasteiger partial charge in [0, 0.05) is 11.4 Å². The number of hydrogen-bond acceptors (Lipinski definition) is 3. The molecule has 0 bridgehead atoms. The summed E-state index contributed by atoms with van der Waals surface area (Å²) in [7, 11) is 0. The predicted molar refractivity (Wildman–Crippen MR) is 98.8 cm³/mol. The molecule has 128 valence electrons. The Morgan fingerprint density at radius 1 is 1.38 bits per heavy atom. The van der Waals surface area contributed by atoms with Gasteiger partial charge in [0.25, 0.3) is 5.91 Å². The second-order valence-corrected chi connectivity index (χ2v) is 7.72. The van der Waals surface area contributed by atoms with Crippen LogP contribution >= 0.6 is 11.3 Å². The predicted octanol–water partition coefficient (Wildman–Crippen LogP) is 4.92. The van der Waals surface area contributed by atoms with Crippen LogP contribution < -0.4 is 4.74 Å². The summed E-state index contributed by atoms with van der Waals surface area (Å²) >= 11 is 1.73. The van der Waals surface area contributed by atoms with Crippen molar-refractivity contribution in [3.63, 3.8) is 0 Å². The molecule has 3 rings (SSSR count). The van der Waals surface area contributed by atoms with Gasteiger partial charge in [-0.2, -0.15) is 0 Å². The molecule has 1 aliphatic rings. The number of thiophene rings is 1. The first kappa shape index (κ1) is 17.0. The Kier molecular flexibility index (Phi) is 5.24. The Hall–Kier alpha value is -1.81. The molecule has 2 heterocycles. The third-order valence-corrected chi connectivity index (χ3v) is 5.56. The van der Waals surface area contributed by atoms with Gasteiger partial charge >= 0.3 is 0 Å². The third-order valence-electron chi connectivity index (χ3n) is 4.59. The van der Waals surface area contributed by atoms with Crippen molar-refractivity contribution in [2.45, 2.75) is 45.6 Å². The van der Waals surface area contributed by atoms with E-state index in [4.69, 9.17) is 4.74 Å². The zero-order valence-corrected chi connectivity index (χ0v) is 15.4. The van der Waals surface area contributed by atoms with Crippen LogP contribution in [-0.2, 0) is 4.79 Å². The lowest BCUT2D eigenvalue weighted by Crippen LogP contribution is -2.34.